The maximum Gasteiger partial charge on any atom is 0.337 e. The van der Waals surface area contributed by atoms with Crippen LogP contribution >= 0.6 is 11.6 Å². The van der Waals surface area contributed by atoms with Crippen molar-refractivity contribution in [3.8, 4) is 5.75 Å². The Bertz CT molecular complexity index is 745. The molecule has 2 aliphatic heterocycles. The summed E-state index contributed by atoms with van der Waals surface area (Å²) in [5.41, 5.74) is 1.12. The van der Waals surface area contributed by atoms with Gasteiger partial charge in [-0.1, -0.05) is 11.6 Å². The molecule has 2 N–H and O–H groups in total. The van der Waals surface area contributed by atoms with Gasteiger partial charge in [-0.15, -0.1) is 0 Å². The Morgan fingerprint density at radius 1 is 1.14 bits per heavy atom. The maximum atomic E-state index is 12.1. The third-order valence-corrected chi connectivity index (χ3v) is 5.16. The van der Waals surface area contributed by atoms with Crippen molar-refractivity contribution in [1.82, 2.24) is 20.4 Å². The van der Waals surface area contributed by atoms with Gasteiger partial charge in [0.1, 0.15) is 12.4 Å². The molecule has 1 aromatic carbocycles. The number of piperazine rings is 1. The highest BCUT2D eigenvalue weighted by molar-refractivity contribution is 6.30. The Hall–Kier alpha value is -2.29. The third kappa shape index (κ3) is 6.35. The highest BCUT2D eigenvalue weighted by Crippen LogP contribution is 2.16. The first-order valence-electron chi connectivity index (χ1n) is 9.82. The lowest BCUT2D eigenvalue weighted by Gasteiger charge is -2.35. The van der Waals surface area contributed by atoms with E-state index >= 15 is 0 Å². The van der Waals surface area contributed by atoms with Gasteiger partial charge in [0, 0.05) is 50.0 Å². The third-order valence-electron chi connectivity index (χ3n) is 4.91. The number of nitrogens with one attached hydrogen (secondary N) is 2. The lowest BCUT2D eigenvalue weighted by molar-refractivity contribution is -0.138. The first-order chi connectivity index (χ1) is 14.0. The van der Waals surface area contributed by atoms with Gasteiger partial charge in [-0.3, -0.25) is 9.80 Å². The number of hydrogen-bond acceptors (Lipinski definition) is 6. The van der Waals surface area contributed by atoms with Crippen LogP contribution in [-0.2, 0) is 9.53 Å². The number of ether oxygens (including phenoxy) is 2. The minimum Gasteiger partial charge on any atom is -0.492 e. The standard InChI is InChI=1S/C20H27ClN4O4/c1-2-28-19(26)17-13-22-20(27)23-18(17)14-25-9-7-24(8-10-25)11-12-29-16-5-3-15(21)4-6-16/h3-6H,2,7-14H2,1H3,(H2,22,23,27). The molecule has 2 heterocycles. The Labute approximate surface area is 175 Å². The number of nitrogens with zero attached hydrogens (tertiary/aromatic N) is 2. The van der Waals surface area contributed by atoms with E-state index in [1.54, 1.807) is 6.92 Å². The van der Waals surface area contributed by atoms with Crippen molar-refractivity contribution in [2.45, 2.75) is 6.92 Å². The molecule has 0 radical (unpaired) electrons. The van der Waals surface area contributed by atoms with E-state index in [2.05, 4.69) is 20.4 Å². The average molecular weight is 423 g/mol. The van der Waals surface area contributed by atoms with Crippen molar-refractivity contribution in [3.63, 3.8) is 0 Å². The van der Waals surface area contributed by atoms with Crippen LogP contribution in [0.2, 0.25) is 5.02 Å². The lowest BCUT2D eigenvalue weighted by atomic mass is 10.1. The van der Waals surface area contributed by atoms with E-state index in [-0.39, 0.29) is 18.5 Å². The lowest BCUT2D eigenvalue weighted by Crippen LogP contribution is -2.51. The van der Waals surface area contributed by atoms with Crippen LogP contribution < -0.4 is 15.4 Å². The van der Waals surface area contributed by atoms with E-state index in [1.807, 2.05) is 24.3 Å². The highest BCUT2D eigenvalue weighted by atomic mass is 35.5. The number of halogens is 1. The van der Waals surface area contributed by atoms with Crippen LogP contribution in [0.4, 0.5) is 4.79 Å². The van der Waals surface area contributed by atoms with Crippen molar-refractivity contribution in [3.05, 3.63) is 40.6 Å². The number of benzene rings is 1. The van der Waals surface area contributed by atoms with Gasteiger partial charge in [0.15, 0.2) is 0 Å². The van der Waals surface area contributed by atoms with E-state index in [9.17, 15) is 9.59 Å². The molecule has 0 aromatic heterocycles. The molecule has 1 saturated heterocycles. The first kappa shape index (κ1) is 21.4. The highest BCUT2D eigenvalue weighted by Gasteiger charge is 2.26. The number of urea groups is 1. The Morgan fingerprint density at radius 3 is 2.52 bits per heavy atom. The molecule has 0 saturated carbocycles. The van der Waals surface area contributed by atoms with E-state index in [4.69, 9.17) is 21.1 Å². The largest absolute Gasteiger partial charge is 0.492 e. The number of carbonyl (C=O) groups excluding carboxylic acids is 2. The SMILES string of the molecule is CCOC(=O)C1=C(CN2CCN(CCOc3ccc(Cl)cc3)CC2)NC(=O)NC1. The van der Waals surface area contributed by atoms with Crippen LogP contribution in [0.1, 0.15) is 6.92 Å². The average Bonchev–Trinajstić information content (AvgIpc) is 2.71. The summed E-state index contributed by atoms with van der Waals surface area (Å²) in [6, 6.07) is 7.07. The van der Waals surface area contributed by atoms with Crippen molar-refractivity contribution >= 4 is 23.6 Å². The smallest absolute Gasteiger partial charge is 0.337 e. The van der Waals surface area contributed by atoms with Crippen molar-refractivity contribution in [1.29, 1.82) is 0 Å². The number of amides is 2. The zero-order valence-electron chi connectivity index (χ0n) is 16.6. The molecule has 3 rings (SSSR count). The summed E-state index contributed by atoms with van der Waals surface area (Å²) < 4.78 is 10.9. The fraction of sp³-hybridized carbons (Fsp3) is 0.500. The van der Waals surface area contributed by atoms with Gasteiger partial charge < -0.3 is 20.1 Å². The van der Waals surface area contributed by atoms with E-state index in [0.717, 1.165) is 38.5 Å². The van der Waals surface area contributed by atoms with Crippen LogP contribution in [-0.4, -0.2) is 80.8 Å². The van der Waals surface area contributed by atoms with Gasteiger partial charge >= 0.3 is 12.0 Å². The van der Waals surface area contributed by atoms with Crippen LogP contribution in [0.3, 0.4) is 0 Å². The van der Waals surface area contributed by atoms with E-state index in [0.29, 0.717) is 36.1 Å². The molecule has 8 nitrogen and oxygen atoms in total. The van der Waals surface area contributed by atoms with Crippen molar-refractivity contribution in [2.24, 2.45) is 0 Å². The number of rotatable bonds is 8. The zero-order valence-corrected chi connectivity index (χ0v) is 17.3. The van der Waals surface area contributed by atoms with Crippen LogP contribution in [0, 0.1) is 0 Å². The van der Waals surface area contributed by atoms with Crippen molar-refractivity contribution < 1.29 is 19.1 Å². The van der Waals surface area contributed by atoms with Gasteiger partial charge in [0.05, 0.1) is 18.7 Å². The summed E-state index contributed by atoms with van der Waals surface area (Å²) in [6.45, 7) is 7.75. The van der Waals surface area contributed by atoms with Gasteiger partial charge in [0.25, 0.3) is 0 Å². The molecule has 2 amide bonds. The van der Waals surface area contributed by atoms with Crippen molar-refractivity contribution in [2.75, 3.05) is 59.0 Å². The minimum atomic E-state index is -0.381. The monoisotopic (exact) mass is 422 g/mol. The molecule has 0 spiro atoms. The van der Waals surface area contributed by atoms with Crippen LogP contribution in [0.5, 0.6) is 5.75 Å². The molecular weight excluding hydrogens is 396 g/mol. The molecule has 2 aliphatic rings. The molecule has 1 fully saturated rings. The van der Waals surface area contributed by atoms with Crippen LogP contribution in [0.15, 0.2) is 35.5 Å². The number of hydrogen-bond donors (Lipinski definition) is 2. The molecule has 0 atom stereocenters. The molecular formula is C20H27ClN4O4. The summed E-state index contributed by atoms with van der Waals surface area (Å²) in [7, 11) is 0. The van der Waals surface area contributed by atoms with E-state index in [1.165, 1.54) is 0 Å². The summed E-state index contributed by atoms with van der Waals surface area (Å²) in [4.78, 5) is 28.4. The number of esters is 1. The summed E-state index contributed by atoms with van der Waals surface area (Å²) in [5, 5.41) is 6.09. The zero-order chi connectivity index (χ0) is 20.6. The summed E-state index contributed by atoms with van der Waals surface area (Å²) in [5.74, 6) is 0.432. The normalized spacial score (nSPS) is 18.2. The van der Waals surface area contributed by atoms with Crippen LogP contribution in [0.25, 0.3) is 0 Å². The Kier molecular flexibility index (Phi) is 7.74. The second-order valence-corrected chi connectivity index (χ2v) is 7.34. The molecule has 0 bridgehead atoms. The predicted molar refractivity (Wildman–Crippen MR) is 110 cm³/mol. The second kappa shape index (κ2) is 10.5. The van der Waals surface area contributed by atoms with Gasteiger partial charge in [-0.05, 0) is 31.2 Å². The molecule has 0 unspecified atom stereocenters. The summed E-state index contributed by atoms with van der Waals surface area (Å²) in [6.07, 6.45) is 0. The first-order valence-corrected chi connectivity index (χ1v) is 10.2. The minimum absolute atomic E-state index is 0.196. The molecule has 29 heavy (non-hydrogen) atoms. The fourth-order valence-electron chi connectivity index (χ4n) is 3.30. The summed E-state index contributed by atoms with van der Waals surface area (Å²) >= 11 is 5.88. The Morgan fingerprint density at radius 2 is 1.83 bits per heavy atom. The molecule has 0 aliphatic carbocycles. The molecule has 1 aromatic rings. The van der Waals surface area contributed by atoms with E-state index < -0.39 is 0 Å². The van der Waals surface area contributed by atoms with Gasteiger partial charge in [-0.25, -0.2) is 9.59 Å². The molecule has 9 heteroatoms. The predicted octanol–water partition coefficient (Wildman–Crippen LogP) is 1.47. The maximum absolute atomic E-state index is 12.1. The quantitative estimate of drug-likeness (QED) is 0.617. The second-order valence-electron chi connectivity index (χ2n) is 6.91. The number of carbonyl (C=O) groups is 2. The fourth-order valence-corrected chi connectivity index (χ4v) is 3.42. The molecule has 158 valence electrons. The van der Waals surface area contributed by atoms with Gasteiger partial charge in [-0.2, -0.15) is 0 Å². The Balaban J connectivity index is 1.45. The van der Waals surface area contributed by atoms with Gasteiger partial charge in [0.2, 0.25) is 0 Å². The topological polar surface area (TPSA) is 83.1 Å².